The highest BCUT2D eigenvalue weighted by molar-refractivity contribution is 5.44. The summed E-state index contributed by atoms with van der Waals surface area (Å²) >= 11 is 0. The standard InChI is InChI=1S/C15H20O/c1-3-11-5-4-6-13-12-8-7-10(2)9-14(12)16-15(11)13/h7-9,11,13,15H,3-6H2,1-2H3. The van der Waals surface area contributed by atoms with Crippen LogP contribution < -0.4 is 4.74 Å². The molecule has 0 amide bonds. The molecule has 1 nitrogen and oxygen atoms in total. The van der Waals surface area contributed by atoms with E-state index in [0.29, 0.717) is 12.0 Å². The smallest absolute Gasteiger partial charge is 0.123 e. The van der Waals surface area contributed by atoms with Gasteiger partial charge < -0.3 is 4.74 Å². The van der Waals surface area contributed by atoms with Gasteiger partial charge in [-0.2, -0.15) is 0 Å². The normalized spacial score (nSPS) is 31.8. The Labute approximate surface area is 97.8 Å². The fraction of sp³-hybridized carbons (Fsp3) is 0.600. The van der Waals surface area contributed by atoms with Gasteiger partial charge in [-0.1, -0.05) is 25.5 Å². The molecule has 0 saturated heterocycles. The van der Waals surface area contributed by atoms with Crippen molar-refractivity contribution in [2.75, 3.05) is 0 Å². The monoisotopic (exact) mass is 216 g/mol. The fourth-order valence-corrected chi connectivity index (χ4v) is 3.40. The van der Waals surface area contributed by atoms with E-state index in [1.807, 2.05) is 0 Å². The Morgan fingerprint density at radius 1 is 1.31 bits per heavy atom. The Kier molecular flexibility index (Phi) is 2.42. The van der Waals surface area contributed by atoms with E-state index in [1.165, 1.54) is 36.8 Å². The van der Waals surface area contributed by atoms with Crippen molar-refractivity contribution < 1.29 is 4.74 Å². The van der Waals surface area contributed by atoms with E-state index in [0.717, 1.165) is 11.7 Å². The molecule has 0 radical (unpaired) electrons. The van der Waals surface area contributed by atoms with Gasteiger partial charge in [-0.05, 0) is 43.7 Å². The second kappa shape index (κ2) is 3.80. The number of aryl methyl sites for hydroxylation is 1. The quantitative estimate of drug-likeness (QED) is 0.688. The van der Waals surface area contributed by atoms with Crippen LogP contribution in [0.1, 0.15) is 49.7 Å². The summed E-state index contributed by atoms with van der Waals surface area (Å²) in [6.45, 7) is 4.44. The first-order chi connectivity index (χ1) is 7.79. The molecule has 0 bridgehead atoms. The van der Waals surface area contributed by atoms with E-state index < -0.39 is 0 Å². The minimum Gasteiger partial charge on any atom is -0.489 e. The van der Waals surface area contributed by atoms with Crippen molar-refractivity contribution in [2.45, 2.75) is 51.6 Å². The molecule has 3 rings (SSSR count). The third-order valence-electron chi connectivity index (χ3n) is 4.31. The van der Waals surface area contributed by atoms with E-state index >= 15 is 0 Å². The van der Waals surface area contributed by atoms with Crippen molar-refractivity contribution in [3.63, 3.8) is 0 Å². The maximum absolute atomic E-state index is 6.20. The molecule has 1 fully saturated rings. The van der Waals surface area contributed by atoms with Gasteiger partial charge >= 0.3 is 0 Å². The van der Waals surface area contributed by atoms with Crippen molar-refractivity contribution in [1.82, 2.24) is 0 Å². The van der Waals surface area contributed by atoms with E-state index in [-0.39, 0.29) is 0 Å². The third kappa shape index (κ3) is 1.45. The van der Waals surface area contributed by atoms with Crippen LogP contribution in [-0.2, 0) is 0 Å². The molecule has 3 atom stereocenters. The van der Waals surface area contributed by atoms with Gasteiger partial charge in [0.1, 0.15) is 11.9 Å². The molecule has 2 aliphatic rings. The minimum absolute atomic E-state index is 0.468. The number of hydrogen-bond acceptors (Lipinski definition) is 1. The lowest BCUT2D eigenvalue weighted by molar-refractivity contribution is 0.0961. The highest BCUT2D eigenvalue weighted by Gasteiger charge is 2.40. The molecule has 1 aliphatic carbocycles. The lowest BCUT2D eigenvalue weighted by atomic mass is 9.76. The number of ether oxygens (including phenoxy) is 1. The van der Waals surface area contributed by atoms with Crippen LogP contribution in [0.4, 0.5) is 0 Å². The summed E-state index contributed by atoms with van der Waals surface area (Å²) in [5.41, 5.74) is 2.78. The summed E-state index contributed by atoms with van der Waals surface area (Å²) in [5, 5.41) is 0. The lowest BCUT2D eigenvalue weighted by Crippen LogP contribution is -2.32. The first-order valence-electron chi connectivity index (χ1n) is 6.57. The Balaban J connectivity index is 1.96. The van der Waals surface area contributed by atoms with Crippen LogP contribution in [0.2, 0.25) is 0 Å². The SMILES string of the molecule is CCC1CCCC2c3ccc(C)cc3OC12. The second-order valence-corrected chi connectivity index (χ2v) is 5.33. The van der Waals surface area contributed by atoms with E-state index in [2.05, 4.69) is 32.0 Å². The van der Waals surface area contributed by atoms with E-state index in [4.69, 9.17) is 4.74 Å². The van der Waals surface area contributed by atoms with Crippen LogP contribution in [0, 0.1) is 12.8 Å². The molecule has 0 N–H and O–H groups in total. The molecule has 1 aliphatic heterocycles. The van der Waals surface area contributed by atoms with Crippen LogP contribution in [0.25, 0.3) is 0 Å². The van der Waals surface area contributed by atoms with Gasteiger partial charge in [-0.3, -0.25) is 0 Å². The minimum atomic E-state index is 0.468. The number of fused-ring (bicyclic) bond motifs is 3. The van der Waals surface area contributed by atoms with E-state index in [9.17, 15) is 0 Å². The van der Waals surface area contributed by atoms with Crippen LogP contribution in [0.15, 0.2) is 18.2 Å². The number of benzene rings is 1. The first-order valence-corrected chi connectivity index (χ1v) is 6.57. The Morgan fingerprint density at radius 3 is 3.00 bits per heavy atom. The first kappa shape index (κ1) is 10.2. The summed E-state index contributed by atoms with van der Waals surface area (Å²) in [6.07, 6.45) is 5.77. The molecule has 86 valence electrons. The zero-order valence-electron chi connectivity index (χ0n) is 10.2. The lowest BCUT2D eigenvalue weighted by Gasteiger charge is -2.32. The fourth-order valence-electron chi connectivity index (χ4n) is 3.40. The molecular formula is C15H20O. The number of hydrogen-bond donors (Lipinski definition) is 0. The molecule has 16 heavy (non-hydrogen) atoms. The summed E-state index contributed by atoms with van der Waals surface area (Å²) in [6, 6.07) is 6.72. The van der Waals surface area contributed by atoms with Crippen LogP contribution in [0.3, 0.4) is 0 Å². The second-order valence-electron chi connectivity index (χ2n) is 5.33. The van der Waals surface area contributed by atoms with Gasteiger partial charge in [-0.15, -0.1) is 0 Å². The summed E-state index contributed by atoms with van der Waals surface area (Å²) in [4.78, 5) is 0. The molecule has 1 saturated carbocycles. The Hall–Kier alpha value is -0.980. The summed E-state index contributed by atoms with van der Waals surface area (Å²) in [7, 11) is 0. The highest BCUT2D eigenvalue weighted by Crippen LogP contribution is 2.48. The maximum Gasteiger partial charge on any atom is 0.123 e. The molecule has 0 spiro atoms. The van der Waals surface area contributed by atoms with Crippen molar-refractivity contribution >= 4 is 0 Å². The molecule has 1 heterocycles. The molecular weight excluding hydrogens is 196 g/mol. The molecule has 0 aromatic heterocycles. The van der Waals surface area contributed by atoms with Crippen molar-refractivity contribution in [1.29, 1.82) is 0 Å². The maximum atomic E-state index is 6.20. The van der Waals surface area contributed by atoms with E-state index in [1.54, 1.807) is 0 Å². The predicted molar refractivity (Wildman–Crippen MR) is 66.0 cm³/mol. The van der Waals surface area contributed by atoms with Crippen LogP contribution in [-0.4, -0.2) is 6.10 Å². The van der Waals surface area contributed by atoms with Gasteiger partial charge in [0, 0.05) is 11.5 Å². The molecule has 3 unspecified atom stereocenters. The van der Waals surface area contributed by atoms with Crippen LogP contribution >= 0.6 is 0 Å². The largest absolute Gasteiger partial charge is 0.489 e. The van der Waals surface area contributed by atoms with Crippen molar-refractivity contribution in [2.24, 2.45) is 5.92 Å². The predicted octanol–water partition coefficient (Wildman–Crippen LogP) is 4.05. The summed E-state index contributed by atoms with van der Waals surface area (Å²) in [5.74, 6) is 2.61. The average molecular weight is 216 g/mol. The number of rotatable bonds is 1. The highest BCUT2D eigenvalue weighted by atomic mass is 16.5. The van der Waals surface area contributed by atoms with Gasteiger partial charge in [0.2, 0.25) is 0 Å². The Morgan fingerprint density at radius 2 is 2.19 bits per heavy atom. The topological polar surface area (TPSA) is 9.23 Å². The third-order valence-corrected chi connectivity index (χ3v) is 4.31. The Bertz CT molecular complexity index is 396. The van der Waals surface area contributed by atoms with Crippen LogP contribution in [0.5, 0.6) is 5.75 Å². The molecule has 1 aromatic carbocycles. The van der Waals surface area contributed by atoms with Crippen molar-refractivity contribution in [3.8, 4) is 5.75 Å². The van der Waals surface area contributed by atoms with Gasteiger partial charge in [0.15, 0.2) is 0 Å². The van der Waals surface area contributed by atoms with Crippen molar-refractivity contribution in [3.05, 3.63) is 29.3 Å². The molecule has 1 heteroatoms. The summed E-state index contributed by atoms with van der Waals surface area (Å²) < 4.78 is 6.20. The van der Waals surface area contributed by atoms with Gasteiger partial charge in [-0.25, -0.2) is 0 Å². The van der Waals surface area contributed by atoms with Gasteiger partial charge in [0.25, 0.3) is 0 Å². The van der Waals surface area contributed by atoms with Gasteiger partial charge in [0.05, 0.1) is 0 Å². The zero-order valence-corrected chi connectivity index (χ0v) is 10.2. The zero-order chi connectivity index (χ0) is 11.1. The molecule has 1 aromatic rings. The average Bonchev–Trinajstić information content (AvgIpc) is 2.65.